The second kappa shape index (κ2) is 9.62. The number of ether oxygens (including phenoxy) is 1. The molecule has 164 valence electrons. The summed E-state index contributed by atoms with van der Waals surface area (Å²) in [6.07, 6.45) is -0.595. The van der Waals surface area contributed by atoms with Crippen molar-refractivity contribution >= 4 is 5.91 Å². The molecule has 2 aromatic carbocycles. The molecular weight excluding hydrogens is 406 g/mol. The molecule has 0 aliphatic carbocycles. The van der Waals surface area contributed by atoms with Gasteiger partial charge in [-0.3, -0.25) is 9.69 Å². The van der Waals surface area contributed by atoms with E-state index in [1.165, 1.54) is 5.56 Å². The maximum atomic E-state index is 12.8. The highest BCUT2D eigenvalue weighted by molar-refractivity contribution is 5.81. The number of nitrogens with zero attached hydrogens (tertiary/aromatic N) is 5. The molecule has 0 bridgehead atoms. The van der Waals surface area contributed by atoms with Gasteiger partial charge in [0, 0.05) is 31.7 Å². The van der Waals surface area contributed by atoms with Gasteiger partial charge in [0.15, 0.2) is 6.10 Å². The highest BCUT2D eigenvalue weighted by Gasteiger charge is 2.27. The van der Waals surface area contributed by atoms with Crippen LogP contribution in [-0.2, 0) is 11.3 Å². The second-order valence-electron chi connectivity index (χ2n) is 7.88. The summed E-state index contributed by atoms with van der Waals surface area (Å²) in [6.45, 7) is 7.00. The summed E-state index contributed by atoms with van der Waals surface area (Å²) in [4.78, 5) is 21.3. The highest BCUT2D eigenvalue weighted by Crippen LogP contribution is 2.18. The quantitative estimate of drug-likeness (QED) is 0.592. The van der Waals surface area contributed by atoms with Gasteiger partial charge in [-0.05, 0) is 38.1 Å². The summed E-state index contributed by atoms with van der Waals surface area (Å²) in [5, 5.41) is 13.0. The van der Waals surface area contributed by atoms with Crippen LogP contribution in [0.1, 0.15) is 23.9 Å². The Balaban J connectivity index is 1.27. The molecule has 1 unspecified atom stereocenters. The van der Waals surface area contributed by atoms with E-state index in [0.29, 0.717) is 42.7 Å². The zero-order valence-electron chi connectivity index (χ0n) is 18.2. The van der Waals surface area contributed by atoms with Gasteiger partial charge in [-0.1, -0.05) is 35.0 Å². The Kier molecular flexibility index (Phi) is 6.47. The number of piperazine rings is 1. The third kappa shape index (κ3) is 5.13. The average Bonchev–Trinajstić information content (AvgIpc) is 3.28. The lowest BCUT2D eigenvalue weighted by atomic mass is 10.1. The van der Waals surface area contributed by atoms with Gasteiger partial charge in [0.25, 0.3) is 5.91 Å². The molecular formula is C24H25N5O3. The van der Waals surface area contributed by atoms with Crippen LogP contribution in [0.2, 0.25) is 0 Å². The van der Waals surface area contributed by atoms with Crippen molar-refractivity contribution in [3.05, 3.63) is 65.5 Å². The molecule has 1 amide bonds. The fraction of sp³-hybridized carbons (Fsp3) is 0.333. The van der Waals surface area contributed by atoms with E-state index in [-0.39, 0.29) is 5.91 Å². The topological polar surface area (TPSA) is 95.5 Å². The third-order valence-corrected chi connectivity index (χ3v) is 5.46. The number of carbonyl (C=O) groups excluding carboxylic acids is 1. The first-order valence-corrected chi connectivity index (χ1v) is 10.6. The SMILES string of the molecule is Cc1ccc(-c2noc(CN3CCN(C(=O)C(C)Oc4ccc(C#N)cc4)CC3)n2)cc1. The molecule has 4 rings (SSSR count). The first kappa shape index (κ1) is 21.5. The van der Waals surface area contributed by atoms with Crippen LogP contribution in [0.15, 0.2) is 53.1 Å². The normalized spacial score (nSPS) is 15.2. The van der Waals surface area contributed by atoms with Crippen LogP contribution in [0.4, 0.5) is 0 Å². The molecule has 8 heteroatoms. The highest BCUT2D eigenvalue weighted by atomic mass is 16.5. The maximum absolute atomic E-state index is 12.8. The zero-order chi connectivity index (χ0) is 22.5. The van der Waals surface area contributed by atoms with E-state index in [9.17, 15) is 4.79 Å². The number of rotatable bonds is 6. The minimum atomic E-state index is -0.595. The Labute approximate surface area is 187 Å². The van der Waals surface area contributed by atoms with Crippen LogP contribution in [0.3, 0.4) is 0 Å². The number of benzene rings is 2. The first-order chi connectivity index (χ1) is 15.5. The van der Waals surface area contributed by atoms with E-state index < -0.39 is 6.10 Å². The van der Waals surface area contributed by atoms with Crippen LogP contribution < -0.4 is 4.74 Å². The van der Waals surface area contributed by atoms with Gasteiger partial charge >= 0.3 is 0 Å². The lowest BCUT2D eigenvalue weighted by Crippen LogP contribution is -2.51. The molecule has 1 aliphatic rings. The Hall–Kier alpha value is -3.70. The van der Waals surface area contributed by atoms with Gasteiger partial charge < -0.3 is 14.2 Å². The molecule has 1 saturated heterocycles. The van der Waals surface area contributed by atoms with Gasteiger partial charge in [-0.15, -0.1) is 0 Å². The molecule has 32 heavy (non-hydrogen) atoms. The molecule has 1 aliphatic heterocycles. The summed E-state index contributed by atoms with van der Waals surface area (Å²) in [7, 11) is 0. The van der Waals surface area contributed by atoms with Gasteiger partial charge in [0.1, 0.15) is 5.75 Å². The number of hydrogen-bond donors (Lipinski definition) is 0. The number of carbonyl (C=O) groups is 1. The predicted molar refractivity (Wildman–Crippen MR) is 118 cm³/mol. The Morgan fingerprint density at radius 3 is 2.47 bits per heavy atom. The standard InChI is InChI=1S/C24H25N5O3/c1-17-3-7-20(8-4-17)23-26-22(32-27-23)16-28-11-13-29(14-12-28)24(30)18(2)31-21-9-5-19(15-25)6-10-21/h3-10,18H,11-14,16H2,1-2H3. The second-order valence-corrected chi connectivity index (χ2v) is 7.88. The predicted octanol–water partition coefficient (Wildman–Crippen LogP) is 3.03. The van der Waals surface area contributed by atoms with Crippen molar-refractivity contribution in [3.63, 3.8) is 0 Å². The molecule has 0 radical (unpaired) electrons. The van der Waals surface area contributed by atoms with Gasteiger partial charge in [-0.25, -0.2) is 0 Å². The van der Waals surface area contributed by atoms with E-state index in [4.69, 9.17) is 14.5 Å². The average molecular weight is 431 g/mol. The van der Waals surface area contributed by atoms with Crippen molar-refractivity contribution in [2.24, 2.45) is 0 Å². The molecule has 0 saturated carbocycles. The van der Waals surface area contributed by atoms with E-state index in [1.54, 1.807) is 31.2 Å². The van der Waals surface area contributed by atoms with Crippen LogP contribution in [0, 0.1) is 18.3 Å². The Bertz CT molecular complexity index is 1090. The molecule has 3 aromatic rings. The van der Waals surface area contributed by atoms with Crippen molar-refractivity contribution in [2.45, 2.75) is 26.5 Å². The smallest absolute Gasteiger partial charge is 0.263 e. The van der Waals surface area contributed by atoms with Crippen molar-refractivity contribution in [2.75, 3.05) is 26.2 Å². The van der Waals surface area contributed by atoms with Crippen molar-refractivity contribution in [1.29, 1.82) is 5.26 Å². The van der Waals surface area contributed by atoms with E-state index >= 15 is 0 Å². The maximum Gasteiger partial charge on any atom is 0.263 e. The van der Waals surface area contributed by atoms with Crippen LogP contribution in [0.25, 0.3) is 11.4 Å². The van der Waals surface area contributed by atoms with Crippen molar-refractivity contribution < 1.29 is 14.1 Å². The zero-order valence-corrected chi connectivity index (χ0v) is 18.2. The minimum Gasteiger partial charge on any atom is -0.481 e. The number of aromatic nitrogens is 2. The van der Waals surface area contributed by atoms with Crippen LogP contribution in [0.5, 0.6) is 5.75 Å². The fourth-order valence-electron chi connectivity index (χ4n) is 3.58. The number of nitriles is 1. The van der Waals surface area contributed by atoms with Gasteiger partial charge in [0.2, 0.25) is 11.7 Å². The van der Waals surface area contributed by atoms with E-state index in [1.807, 2.05) is 36.1 Å². The Morgan fingerprint density at radius 1 is 1.12 bits per heavy atom. The molecule has 0 spiro atoms. The Morgan fingerprint density at radius 2 is 1.81 bits per heavy atom. The number of amides is 1. The molecule has 1 aromatic heterocycles. The van der Waals surface area contributed by atoms with Crippen LogP contribution in [-0.4, -0.2) is 58.1 Å². The third-order valence-electron chi connectivity index (χ3n) is 5.46. The summed E-state index contributed by atoms with van der Waals surface area (Å²) in [5.41, 5.74) is 2.67. The number of aryl methyl sites for hydroxylation is 1. The van der Waals surface area contributed by atoms with Gasteiger partial charge in [-0.2, -0.15) is 10.2 Å². The first-order valence-electron chi connectivity index (χ1n) is 10.6. The molecule has 1 fully saturated rings. The van der Waals surface area contributed by atoms with Gasteiger partial charge in [0.05, 0.1) is 18.2 Å². The molecule has 0 N–H and O–H groups in total. The minimum absolute atomic E-state index is 0.0477. The summed E-state index contributed by atoms with van der Waals surface area (Å²) < 4.78 is 11.2. The van der Waals surface area contributed by atoms with Crippen molar-refractivity contribution in [3.8, 4) is 23.2 Å². The van der Waals surface area contributed by atoms with Crippen molar-refractivity contribution in [1.82, 2.24) is 19.9 Å². The monoisotopic (exact) mass is 431 g/mol. The molecule has 1 atom stereocenters. The van der Waals surface area contributed by atoms with E-state index in [2.05, 4.69) is 21.1 Å². The summed E-state index contributed by atoms with van der Waals surface area (Å²) >= 11 is 0. The number of hydrogen-bond acceptors (Lipinski definition) is 7. The molecule has 8 nitrogen and oxygen atoms in total. The summed E-state index contributed by atoms with van der Waals surface area (Å²) in [5.74, 6) is 1.68. The lowest BCUT2D eigenvalue weighted by molar-refractivity contribution is -0.139. The molecule has 2 heterocycles. The largest absolute Gasteiger partial charge is 0.481 e. The van der Waals surface area contributed by atoms with E-state index in [0.717, 1.165) is 18.7 Å². The lowest BCUT2D eigenvalue weighted by Gasteiger charge is -2.35. The summed E-state index contributed by atoms with van der Waals surface area (Å²) in [6, 6.07) is 16.8. The van der Waals surface area contributed by atoms with Crippen LogP contribution >= 0.6 is 0 Å². The fourth-order valence-corrected chi connectivity index (χ4v) is 3.58.